The monoisotopic (exact) mass is 506 g/mol. The highest BCUT2D eigenvalue weighted by molar-refractivity contribution is 8.00. The van der Waals surface area contributed by atoms with E-state index in [0.717, 1.165) is 47.5 Å². The predicted octanol–water partition coefficient (Wildman–Crippen LogP) is 6.74. The number of anilines is 3. The van der Waals surface area contributed by atoms with Gasteiger partial charge in [0.1, 0.15) is 11.1 Å². The number of aryl methyl sites for hydroxylation is 2. The first-order valence-electron chi connectivity index (χ1n) is 11.2. The molecule has 1 unspecified atom stereocenters. The Balaban J connectivity index is 1.36. The van der Waals surface area contributed by atoms with E-state index in [1.807, 2.05) is 62.4 Å². The summed E-state index contributed by atoms with van der Waals surface area (Å²) >= 11 is 8.46. The topological polar surface area (TPSA) is 76.9 Å². The van der Waals surface area contributed by atoms with Gasteiger partial charge in [0.15, 0.2) is 5.11 Å². The number of thiocarbonyl (C=S) groups is 1. The highest BCUT2D eigenvalue weighted by Crippen LogP contribution is 2.38. The first kappa shape index (κ1) is 24.3. The third-order valence-corrected chi connectivity index (χ3v) is 8.11. The highest BCUT2D eigenvalue weighted by atomic mass is 32.2. The molecule has 1 amide bonds. The molecule has 0 aliphatic heterocycles. The summed E-state index contributed by atoms with van der Waals surface area (Å²) in [6.45, 7) is 3.92. The molecule has 5 nitrogen and oxygen atoms in total. The lowest BCUT2D eigenvalue weighted by atomic mass is 9.96. The third-order valence-electron chi connectivity index (χ3n) is 5.60. The Hall–Kier alpha value is -2.86. The summed E-state index contributed by atoms with van der Waals surface area (Å²) in [7, 11) is 0. The summed E-state index contributed by atoms with van der Waals surface area (Å²) < 4.78 is 0. The van der Waals surface area contributed by atoms with Crippen LogP contribution in [0.25, 0.3) is 0 Å². The smallest absolute Gasteiger partial charge is 0.238 e. The molecule has 0 saturated carbocycles. The average Bonchev–Trinajstić information content (AvgIpc) is 3.17. The molecule has 1 aromatic heterocycles. The molecule has 0 bridgehead atoms. The van der Waals surface area contributed by atoms with Gasteiger partial charge in [-0.25, -0.2) is 0 Å². The van der Waals surface area contributed by atoms with E-state index in [0.29, 0.717) is 15.7 Å². The van der Waals surface area contributed by atoms with Crippen LogP contribution in [0.1, 0.15) is 41.3 Å². The fraction of sp³-hybridized carbons (Fsp3) is 0.269. The quantitative estimate of drug-likeness (QED) is 0.254. The SMILES string of the molecule is Cc1ccc(NC(=S)Nc2cccc(SC(C)C(=O)Nc3sc4c(c3C#N)CCCC4)c2)cc1. The lowest BCUT2D eigenvalue weighted by Gasteiger charge is -2.14. The molecule has 4 rings (SSSR count). The Morgan fingerprint density at radius 2 is 1.82 bits per heavy atom. The summed E-state index contributed by atoms with van der Waals surface area (Å²) in [6, 6.07) is 18.1. The number of amides is 1. The molecule has 1 atom stereocenters. The standard InChI is InChI=1S/C26H26N4OS3/c1-16-10-12-18(13-11-16)28-26(32)29-19-6-5-7-20(14-19)33-17(2)24(31)30-25-22(15-27)21-8-3-4-9-23(21)34-25/h5-7,10-14,17H,3-4,8-9H2,1-2H3,(H,30,31)(H2,28,29,32). The molecular formula is C26H26N4OS3. The Bertz CT molecular complexity index is 1240. The number of thioether (sulfide) groups is 1. The molecule has 3 aromatic rings. The van der Waals surface area contributed by atoms with Crippen molar-refractivity contribution < 1.29 is 4.79 Å². The predicted molar refractivity (Wildman–Crippen MR) is 147 cm³/mol. The average molecular weight is 507 g/mol. The number of carbonyl (C=O) groups excluding carboxylic acids is 1. The molecule has 0 spiro atoms. The van der Waals surface area contributed by atoms with Crippen LogP contribution in [0.4, 0.5) is 16.4 Å². The zero-order valence-electron chi connectivity index (χ0n) is 19.1. The first-order chi connectivity index (χ1) is 16.4. The molecule has 1 heterocycles. The molecule has 3 N–H and O–H groups in total. The van der Waals surface area contributed by atoms with Crippen molar-refractivity contribution in [3.05, 3.63) is 70.1 Å². The Kier molecular flexibility index (Phi) is 7.88. The van der Waals surface area contributed by atoms with Crippen molar-refractivity contribution in [3.63, 3.8) is 0 Å². The van der Waals surface area contributed by atoms with Gasteiger partial charge in [-0.15, -0.1) is 23.1 Å². The van der Waals surface area contributed by atoms with E-state index in [1.54, 1.807) is 11.3 Å². The molecule has 8 heteroatoms. The number of hydrogen-bond donors (Lipinski definition) is 3. The number of rotatable bonds is 6. The summed E-state index contributed by atoms with van der Waals surface area (Å²) in [5.74, 6) is -0.102. The number of thiophene rings is 1. The lowest BCUT2D eigenvalue weighted by Crippen LogP contribution is -2.22. The van der Waals surface area contributed by atoms with Gasteiger partial charge in [0.05, 0.1) is 10.8 Å². The number of nitrogens with zero attached hydrogens (tertiary/aromatic N) is 1. The van der Waals surface area contributed by atoms with Crippen LogP contribution in [0.2, 0.25) is 0 Å². The summed E-state index contributed by atoms with van der Waals surface area (Å²) in [5, 5.41) is 19.9. The van der Waals surface area contributed by atoms with E-state index in [-0.39, 0.29) is 11.2 Å². The number of fused-ring (bicyclic) bond motifs is 1. The normalized spacial score (nSPS) is 13.3. The molecule has 0 fully saturated rings. The second-order valence-electron chi connectivity index (χ2n) is 8.25. The van der Waals surface area contributed by atoms with Gasteiger partial charge in [-0.1, -0.05) is 23.8 Å². The largest absolute Gasteiger partial charge is 0.332 e. The molecule has 0 saturated heterocycles. The molecule has 1 aliphatic rings. The second-order valence-corrected chi connectivity index (χ2v) is 11.2. The van der Waals surface area contributed by atoms with Gasteiger partial charge in [-0.3, -0.25) is 4.79 Å². The highest BCUT2D eigenvalue weighted by Gasteiger charge is 2.23. The Morgan fingerprint density at radius 1 is 1.09 bits per heavy atom. The minimum Gasteiger partial charge on any atom is -0.332 e. The van der Waals surface area contributed by atoms with Gasteiger partial charge in [0, 0.05) is 21.1 Å². The minimum absolute atomic E-state index is 0.102. The van der Waals surface area contributed by atoms with Gasteiger partial charge in [-0.2, -0.15) is 5.26 Å². The fourth-order valence-corrected chi connectivity index (χ4v) is 6.23. The molecule has 2 aromatic carbocycles. The first-order valence-corrected chi connectivity index (χ1v) is 13.3. The summed E-state index contributed by atoms with van der Waals surface area (Å²) in [6.07, 6.45) is 4.17. The fourth-order valence-electron chi connectivity index (χ4n) is 3.82. The lowest BCUT2D eigenvalue weighted by molar-refractivity contribution is -0.115. The summed E-state index contributed by atoms with van der Waals surface area (Å²) in [5.41, 5.74) is 4.73. The van der Waals surface area contributed by atoms with Crippen LogP contribution < -0.4 is 16.0 Å². The molecule has 34 heavy (non-hydrogen) atoms. The van der Waals surface area contributed by atoms with Crippen LogP contribution in [0.5, 0.6) is 0 Å². The third kappa shape index (κ3) is 5.98. The van der Waals surface area contributed by atoms with Crippen molar-refractivity contribution in [1.82, 2.24) is 0 Å². The molecule has 0 radical (unpaired) electrons. The number of nitriles is 1. The van der Waals surface area contributed by atoms with Gasteiger partial charge < -0.3 is 16.0 Å². The van der Waals surface area contributed by atoms with E-state index in [4.69, 9.17) is 12.2 Å². The van der Waals surface area contributed by atoms with Crippen LogP contribution in [0.15, 0.2) is 53.4 Å². The van der Waals surface area contributed by atoms with Crippen LogP contribution in [0, 0.1) is 18.3 Å². The van der Waals surface area contributed by atoms with Crippen molar-refractivity contribution in [1.29, 1.82) is 5.26 Å². The molecule has 1 aliphatic carbocycles. The van der Waals surface area contributed by atoms with Crippen molar-refractivity contribution in [3.8, 4) is 6.07 Å². The minimum atomic E-state index is -0.321. The van der Waals surface area contributed by atoms with Crippen LogP contribution in [-0.4, -0.2) is 16.3 Å². The maximum Gasteiger partial charge on any atom is 0.238 e. The van der Waals surface area contributed by atoms with Crippen molar-refractivity contribution in [2.45, 2.75) is 49.7 Å². The van der Waals surface area contributed by atoms with Crippen molar-refractivity contribution in [2.24, 2.45) is 0 Å². The van der Waals surface area contributed by atoms with Gasteiger partial charge in [0.2, 0.25) is 5.91 Å². The Morgan fingerprint density at radius 3 is 2.59 bits per heavy atom. The van der Waals surface area contributed by atoms with Crippen LogP contribution >= 0.6 is 35.3 Å². The number of nitrogens with one attached hydrogen (secondary N) is 3. The number of benzene rings is 2. The van der Waals surface area contributed by atoms with E-state index in [2.05, 4.69) is 22.0 Å². The van der Waals surface area contributed by atoms with Gasteiger partial charge >= 0.3 is 0 Å². The Labute approximate surface area is 214 Å². The zero-order valence-corrected chi connectivity index (χ0v) is 21.6. The number of hydrogen-bond acceptors (Lipinski definition) is 5. The molecule has 174 valence electrons. The van der Waals surface area contributed by atoms with E-state index in [1.165, 1.54) is 22.2 Å². The van der Waals surface area contributed by atoms with E-state index < -0.39 is 0 Å². The van der Waals surface area contributed by atoms with E-state index in [9.17, 15) is 10.1 Å². The maximum atomic E-state index is 12.9. The van der Waals surface area contributed by atoms with Crippen LogP contribution in [-0.2, 0) is 17.6 Å². The van der Waals surface area contributed by atoms with Crippen molar-refractivity contribution >= 4 is 62.7 Å². The second kappa shape index (κ2) is 11.0. The molecular weight excluding hydrogens is 481 g/mol. The summed E-state index contributed by atoms with van der Waals surface area (Å²) in [4.78, 5) is 15.1. The van der Waals surface area contributed by atoms with E-state index >= 15 is 0 Å². The van der Waals surface area contributed by atoms with Crippen molar-refractivity contribution in [2.75, 3.05) is 16.0 Å². The van der Waals surface area contributed by atoms with Gasteiger partial charge in [-0.05, 0) is 87.6 Å². The zero-order chi connectivity index (χ0) is 24.1. The number of carbonyl (C=O) groups is 1. The maximum absolute atomic E-state index is 12.9. The van der Waals surface area contributed by atoms with Crippen LogP contribution in [0.3, 0.4) is 0 Å². The van der Waals surface area contributed by atoms with Gasteiger partial charge in [0.25, 0.3) is 0 Å².